The van der Waals surface area contributed by atoms with E-state index in [2.05, 4.69) is 27.7 Å². The first-order valence-corrected chi connectivity index (χ1v) is 6.47. The van der Waals surface area contributed by atoms with E-state index < -0.39 is 0 Å². The van der Waals surface area contributed by atoms with Gasteiger partial charge in [-0.1, -0.05) is 27.7 Å². The molecule has 0 saturated heterocycles. The maximum Gasteiger partial charge on any atom is 0.314 e. The highest BCUT2D eigenvalue weighted by atomic mass is 16.2. The molecule has 0 atom stereocenters. The van der Waals surface area contributed by atoms with E-state index in [1.807, 2.05) is 0 Å². The van der Waals surface area contributed by atoms with Gasteiger partial charge in [0, 0.05) is 13.1 Å². The minimum Gasteiger partial charge on any atom is -0.351 e. The van der Waals surface area contributed by atoms with Crippen molar-refractivity contribution in [2.24, 2.45) is 17.6 Å². The number of carbonyl (C=O) groups is 1. The molecule has 0 rings (SSSR count). The minimum absolute atomic E-state index is 0.271. The van der Waals surface area contributed by atoms with Crippen molar-refractivity contribution in [3.8, 4) is 0 Å². The predicted molar refractivity (Wildman–Crippen MR) is 69.3 cm³/mol. The van der Waals surface area contributed by atoms with E-state index in [-0.39, 0.29) is 6.03 Å². The van der Waals surface area contributed by atoms with Crippen LogP contribution in [0.15, 0.2) is 0 Å². The molecule has 0 heterocycles. The van der Waals surface area contributed by atoms with Gasteiger partial charge < -0.3 is 10.6 Å². The molecule has 0 radical (unpaired) electrons. The molecular weight excluding hydrogens is 200 g/mol. The molecule has 0 aromatic heterocycles. The molecule has 0 aliphatic rings. The average Bonchev–Trinajstić information content (AvgIpc) is 2.14. The molecule has 2 N–H and O–H groups in total. The van der Waals surface area contributed by atoms with Gasteiger partial charge in [0.2, 0.25) is 0 Å². The standard InChI is InChI=1S/C13H28N2O/c1-11(2)7-5-9-15(13(14)16)10-6-8-12(3)4/h11-12H,5-10H2,1-4H3,(H2,14,16). The van der Waals surface area contributed by atoms with Gasteiger partial charge in [0.15, 0.2) is 0 Å². The molecule has 0 unspecified atom stereocenters. The summed E-state index contributed by atoms with van der Waals surface area (Å²) in [6.45, 7) is 10.4. The van der Waals surface area contributed by atoms with E-state index in [1.165, 1.54) is 0 Å². The molecule has 0 spiro atoms. The van der Waals surface area contributed by atoms with Gasteiger partial charge in [-0.05, 0) is 37.5 Å². The molecule has 0 aromatic carbocycles. The van der Waals surface area contributed by atoms with Crippen LogP contribution < -0.4 is 5.73 Å². The van der Waals surface area contributed by atoms with Crippen molar-refractivity contribution >= 4 is 6.03 Å². The van der Waals surface area contributed by atoms with Crippen molar-refractivity contribution in [1.29, 1.82) is 0 Å². The fourth-order valence-electron chi connectivity index (χ4n) is 1.71. The number of nitrogens with zero attached hydrogens (tertiary/aromatic N) is 1. The van der Waals surface area contributed by atoms with E-state index >= 15 is 0 Å². The largest absolute Gasteiger partial charge is 0.351 e. The first-order valence-electron chi connectivity index (χ1n) is 6.47. The van der Waals surface area contributed by atoms with Crippen molar-refractivity contribution in [3.63, 3.8) is 0 Å². The van der Waals surface area contributed by atoms with Crippen LogP contribution >= 0.6 is 0 Å². The Balaban J connectivity index is 3.76. The van der Waals surface area contributed by atoms with Crippen molar-refractivity contribution in [2.75, 3.05) is 13.1 Å². The van der Waals surface area contributed by atoms with E-state index in [1.54, 1.807) is 4.90 Å². The maximum atomic E-state index is 11.2. The quantitative estimate of drug-likeness (QED) is 0.681. The number of rotatable bonds is 8. The average molecular weight is 228 g/mol. The van der Waals surface area contributed by atoms with Gasteiger partial charge >= 0.3 is 6.03 Å². The van der Waals surface area contributed by atoms with Crippen LogP contribution in [0, 0.1) is 11.8 Å². The molecule has 3 heteroatoms. The Kier molecular flexibility index (Phi) is 8.04. The summed E-state index contributed by atoms with van der Waals surface area (Å²) in [5.41, 5.74) is 5.36. The van der Waals surface area contributed by atoms with Crippen LogP contribution in [0.2, 0.25) is 0 Å². The molecular formula is C13H28N2O. The van der Waals surface area contributed by atoms with Crippen LogP contribution in [0.3, 0.4) is 0 Å². The Hall–Kier alpha value is -0.730. The normalized spacial score (nSPS) is 11.1. The lowest BCUT2D eigenvalue weighted by molar-refractivity contribution is 0.203. The van der Waals surface area contributed by atoms with E-state index in [4.69, 9.17) is 5.73 Å². The SMILES string of the molecule is CC(C)CCCN(CCCC(C)C)C(N)=O. The second-order valence-electron chi connectivity index (χ2n) is 5.40. The first-order chi connectivity index (χ1) is 7.43. The Morgan fingerprint density at radius 3 is 1.62 bits per heavy atom. The topological polar surface area (TPSA) is 46.3 Å². The monoisotopic (exact) mass is 228 g/mol. The zero-order chi connectivity index (χ0) is 12.6. The summed E-state index contributed by atoms with van der Waals surface area (Å²) in [6.07, 6.45) is 4.44. The summed E-state index contributed by atoms with van der Waals surface area (Å²) in [6, 6.07) is -0.271. The molecule has 96 valence electrons. The molecule has 2 amide bonds. The third-order valence-corrected chi connectivity index (χ3v) is 2.73. The van der Waals surface area contributed by atoms with Gasteiger partial charge in [-0.25, -0.2) is 4.79 Å². The lowest BCUT2D eigenvalue weighted by atomic mass is 10.1. The molecule has 0 bridgehead atoms. The van der Waals surface area contributed by atoms with E-state index in [0.717, 1.165) is 38.8 Å². The van der Waals surface area contributed by atoms with Crippen LogP contribution in [-0.4, -0.2) is 24.0 Å². The molecule has 0 aliphatic heterocycles. The number of carbonyl (C=O) groups excluding carboxylic acids is 1. The van der Waals surface area contributed by atoms with Crippen molar-refractivity contribution in [1.82, 2.24) is 4.90 Å². The van der Waals surface area contributed by atoms with E-state index in [9.17, 15) is 4.79 Å². The number of primary amides is 1. The highest BCUT2D eigenvalue weighted by Gasteiger charge is 2.09. The van der Waals surface area contributed by atoms with Gasteiger partial charge in [-0.2, -0.15) is 0 Å². The Bertz CT molecular complexity index is 176. The van der Waals surface area contributed by atoms with Crippen molar-refractivity contribution in [2.45, 2.75) is 53.4 Å². The van der Waals surface area contributed by atoms with Crippen LogP contribution in [0.5, 0.6) is 0 Å². The van der Waals surface area contributed by atoms with Crippen molar-refractivity contribution in [3.05, 3.63) is 0 Å². The third kappa shape index (κ3) is 8.57. The number of nitrogens with two attached hydrogens (primary N) is 1. The number of hydrogen-bond donors (Lipinski definition) is 1. The van der Waals surface area contributed by atoms with Gasteiger partial charge in [0.25, 0.3) is 0 Å². The first kappa shape index (κ1) is 15.3. The molecule has 16 heavy (non-hydrogen) atoms. The highest BCUT2D eigenvalue weighted by molar-refractivity contribution is 5.71. The van der Waals surface area contributed by atoms with Crippen LogP contribution in [0.25, 0.3) is 0 Å². The molecule has 0 fully saturated rings. The second kappa shape index (κ2) is 8.43. The Labute approximate surface area is 100 Å². The minimum atomic E-state index is -0.271. The van der Waals surface area contributed by atoms with E-state index in [0.29, 0.717) is 11.8 Å². The van der Waals surface area contributed by atoms with Gasteiger partial charge in [0.1, 0.15) is 0 Å². The molecule has 3 nitrogen and oxygen atoms in total. The summed E-state index contributed by atoms with van der Waals surface area (Å²) in [5.74, 6) is 1.40. The summed E-state index contributed by atoms with van der Waals surface area (Å²) >= 11 is 0. The van der Waals surface area contributed by atoms with Crippen LogP contribution in [-0.2, 0) is 0 Å². The summed E-state index contributed by atoms with van der Waals surface area (Å²) in [4.78, 5) is 13.0. The van der Waals surface area contributed by atoms with Gasteiger partial charge in [-0.3, -0.25) is 0 Å². The predicted octanol–water partition coefficient (Wildman–Crippen LogP) is 3.24. The number of urea groups is 1. The van der Waals surface area contributed by atoms with Gasteiger partial charge in [-0.15, -0.1) is 0 Å². The lowest BCUT2D eigenvalue weighted by Gasteiger charge is -2.21. The van der Waals surface area contributed by atoms with Gasteiger partial charge in [0.05, 0.1) is 0 Å². The third-order valence-electron chi connectivity index (χ3n) is 2.73. The maximum absolute atomic E-state index is 11.2. The zero-order valence-corrected chi connectivity index (χ0v) is 11.3. The molecule has 0 aromatic rings. The highest BCUT2D eigenvalue weighted by Crippen LogP contribution is 2.08. The zero-order valence-electron chi connectivity index (χ0n) is 11.3. The van der Waals surface area contributed by atoms with Crippen LogP contribution in [0.4, 0.5) is 4.79 Å². The number of hydrogen-bond acceptors (Lipinski definition) is 1. The smallest absolute Gasteiger partial charge is 0.314 e. The fraction of sp³-hybridized carbons (Fsp3) is 0.923. The van der Waals surface area contributed by atoms with Crippen LogP contribution in [0.1, 0.15) is 53.4 Å². The lowest BCUT2D eigenvalue weighted by Crippen LogP contribution is -2.37. The Morgan fingerprint density at radius 2 is 1.38 bits per heavy atom. The second-order valence-corrected chi connectivity index (χ2v) is 5.40. The Morgan fingerprint density at radius 1 is 1.00 bits per heavy atom. The summed E-state index contributed by atoms with van der Waals surface area (Å²) in [5, 5.41) is 0. The fourth-order valence-corrected chi connectivity index (χ4v) is 1.71. The summed E-state index contributed by atoms with van der Waals surface area (Å²) in [7, 11) is 0. The van der Waals surface area contributed by atoms with Crippen molar-refractivity contribution < 1.29 is 4.79 Å². The molecule has 0 aliphatic carbocycles. The molecule has 0 saturated carbocycles. The number of amides is 2. The summed E-state index contributed by atoms with van der Waals surface area (Å²) < 4.78 is 0.